The van der Waals surface area contributed by atoms with Gasteiger partial charge in [0.05, 0.1) is 12.8 Å². The van der Waals surface area contributed by atoms with Crippen LogP contribution in [0, 0.1) is 10.8 Å². The molecule has 1 amide bonds. The van der Waals surface area contributed by atoms with Crippen LogP contribution >= 0.6 is 0 Å². The molecule has 1 spiro atoms. The van der Waals surface area contributed by atoms with Crippen molar-refractivity contribution in [1.29, 1.82) is 0 Å². The maximum atomic E-state index is 11.2. The Morgan fingerprint density at radius 1 is 1.32 bits per heavy atom. The Hall–Kier alpha value is -2.11. The summed E-state index contributed by atoms with van der Waals surface area (Å²) in [6, 6.07) is 6.32. The van der Waals surface area contributed by atoms with Crippen molar-refractivity contribution in [3.8, 4) is 5.75 Å². The van der Waals surface area contributed by atoms with Crippen LogP contribution in [0.2, 0.25) is 0 Å². The number of nitrogens with zero attached hydrogens (tertiary/aromatic N) is 2. The number of carbonyl (C=O) groups is 1. The van der Waals surface area contributed by atoms with Crippen LogP contribution in [0.25, 0.3) is 0 Å². The van der Waals surface area contributed by atoms with Gasteiger partial charge in [0.1, 0.15) is 5.75 Å². The molecule has 3 N–H and O–H groups in total. The van der Waals surface area contributed by atoms with Crippen LogP contribution in [0.5, 0.6) is 5.75 Å². The van der Waals surface area contributed by atoms with Gasteiger partial charge in [-0.3, -0.25) is 0 Å². The van der Waals surface area contributed by atoms with E-state index < -0.39 is 6.09 Å². The van der Waals surface area contributed by atoms with Gasteiger partial charge in [0, 0.05) is 42.8 Å². The van der Waals surface area contributed by atoms with Crippen LogP contribution in [0.15, 0.2) is 18.2 Å². The quantitative estimate of drug-likeness (QED) is 0.803. The van der Waals surface area contributed by atoms with Gasteiger partial charge < -0.3 is 25.4 Å². The lowest BCUT2D eigenvalue weighted by Gasteiger charge is -2.65. The van der Waals surface area contributed by atoms with Gasteiger partial charge in [-0.2, -0.15) is 0 Å². The summed E-state index contributed by atoms with van der Waals surface area (Å²) in [5, 5.41) is 9.23. The van der Waals surface area contributed by atoms with Crippen LogP contribution in [0.3, 0.4) is 0 Å². The minimum absolute atomic E-state index is 0.0955. The molecule has 2 fully saturated rings. The molecule has 6 nitrogen and oxygen atoms in total. The second-order valence-electron chi connectivity index (χ2n) is 8.45. The maximum Gasteiger partial charge on any atom is 0.407 e. The summed E-state index contributed by atoms with van der Waals surface area (Å²) in [6.45, 7) is 9.01. The molecular weight excluding hydrogens is 318 g/mol. The Morgan fingerprint density at radius 2 is 1.96 bits per heavy atom. The SMILES string of the molecule is COc1cc(N2CC3(CCN(C(=O)O)CC3)C2C(C)(C)C)ccc1N. The molecule has 0 saturated carbocycles. The number of nitrogens with two attached hydrogens (primary N) is 1. The first kappa shape index (κ1) is 17.7. The van der Waals surface area contributed by atoms with Crippen molar-refractivity contribution in [2.45, 2.75) is 39.7 Å². The molecule has 0 radical (unpaired) electrons. The van der Waals surface area contributed by atoms with Crippen molar-refractivity contribution in [3.63, 3.8) is 0 Å². The molecule has 1 unspecified atom stereocenters. The molecule has 2 saturated heterocycles. The number of methoxy groups -OCH3 is 1. The van der Waals surface area contributed by atoms with Crippen LogP contribution in [-0.2, 0) is 0 Å². The van der Waals surface area contributed by atoms with Gasteiger partial charge in [0.15, 0.2) is 0 Å². The van der Waals surface area contributed by atoms with Crippen molar-refractivity contribution in [1.82, 2.24) is 4.90 Å². The highest BCUT2D eigenvalue weighted by molar-refractivity contribution is 5.66. The van der Waals surface area contributed by atoms with E-state index >= 15 is 0 Å². The van der Waals surface area contributed by atoms with E-state index in [9.17, 15) is 9.90 Å². The van der Waals surface area contributed by atoms with Crippen molar-refractivity contribution >= 4 is 17.5 Å². The number of hydrogen-bond acceptors (Lipinski definition) is 4. The second kappa shape index (κ2) is 6.00. The average Bonchev–Trinajstić information content (AvgIpc) is 2.52. The predicted octanol–water partition coefficient (Wildman–Crippen LogP) is 3.27. The summed E-state index contributed by atoms with van der Waals surface area (Å²) in [5.74, 6) is 0.701. The predicted molar refractivity (Wildman–Crippen MR) is 99.3 cm³/mol. The fourth-order valence-electron chi connectivity index (χ4n) is 4.81. The standard InChI is InChI=1S/C19H29N3O3/c1-18(2,3)16-19(7-9-21(10-8-19)17(23)24)12-22(16)13-5-6-14(20)15(11-13)25-4/h5-6,11,16H,7-10,12,20H2,1-4H3,(H,23,24). The lowest BCUT2D eigenvalue weighted by molar-refractivity contribution is -0.00985. The Bertz CT molecular complexity index is 660. The molecule has 0 aliphatic carbocycles. The lowest BCUT2D eigenvalue weighted by Crippen LogP contribution is -2.71. The number of benzene rings is 1. The zero-order valence-corrected chi connectivity index (χ0v) is 15.6. The minimum Gasteiger partial charge on any atom is -0.495 e. The second-order valence-corrected chi connectivity index (χ2v) is 8.45. The monoisotopic (exact) mass is 347 g/mol. The molecule has 2 aliphatic heterocycles. The molecule has 3 rings (SSSR count). The summed E-state index contributed by atoms with van der Waals surface area (Å²) in [7, 11) is 1.63. The van der Waals surface area contributed by atoms with Gasteiger partial charge in [-0.25, -0.2) is 4.79 Å². The van der Waals surface area contributed by atoms with E-state index in [2.05, 4.69) is 31.7 Å². The molecule has 6 heteroatoms. The number of amides is 1. The lowest BCUT2D eigenvalue weighted by atomic mass is 9.57. The molecule has 0 aromatic heterocycles. The van der Waals surface area contributed by atoms with Gasteiger partial charge in [0.2, 0.25) is 0 Å². The van der Waals surface area contributed by atoms with Crippen LogP contribution in [0.1, 0.15) is 33.6 Å². The van der Waals surface area contributed by atoms with Gasteiger partial charge in [0.25, 0.3) is 0 Å². The van der Waals surface area contributed by atoms with Crippen LogP contribution < -0.4 is 15.4 Å². The zero-order valence-electron chi connectivity index (χ0n) is 15.6. The van der Waals surface area contributed by atoms with Crippen LogP contribution in [-0.4, -0.2) is 48.9 Å². The summed E-state index contributed by atoms with van der Waals surface area (Å²) in [4.78, 5) is 15.2. The third-order valence-electron chi connectivity index (χ3n) is 5.78. The van der Waals surface area contributed by atoms with Crippen molar-refractivity contribution in [2.75, 3.05) is 37.4 Å². The van der Waals surface area contributed by atoms with Gasteiger partial charge in [-0.05, 0) is 30.4 Å². The van der Waals surface area contributed by atoms with E-state index in [1.54, 1.807) is 12.0 Å². The molecule has 1 atom stereocenters. The summed E-state index contributed by atoms with van der Waals surface area (Å²) in [6.07, 6.45) is 1.04. The normalized spacial score (nSPS) is 22.6. The minimum atomic E-state index is -0.804. The molecule has 1 aromatic rings. The zero-order chi connectivity index (χ0) is 18.4. The summed E-state index contributed by atoms with van der Waals surface area (Å²) < 4.78 is 5.38. The molecule has 138 valence electrons. The van der Waals surface area contributed by atoms with Crippen molar-refractivity contribution in [2.24, 2.45) is 10.8 Å². The Labute approximate surface area is 149 Å². The largest absolute Gasteiger partial charge is 0.495 e. The first-order valence-electron chi connectivity index (χ1n) is 8.86. The number of piperidine rings is 1. The highest BCUT2D eigenvalue weighted by Crippen LogP contribution is 2.54. The number of nitrogen functional groups attached to an aromatic ring is 1. The smallest absolute Gasteiger partial charge is 0.407 e. The molecule has 2 heterocycles. The molecule has 25 heavy (non-hydrogen) atoms. The fraction of sp³-hybridized carbons (Fsp3) is 0.632. The van der Waals surface area contributed by atoms with E-state index in [1.165, 1.54) is 0 Å². The number of carboxylic acid groups (broad SMARTS) is 1. The first-order valence-corrected chi connectivity index (χ1v) is 8.86. The number of ether oxygens (including phenoxy) is 1. The van der Waals surface area contributed by atoms with E-state index in [1.807, 2.05) is 12.1 Å². The summed E-state index contributed by atoms with van der Waals surface area (Å²) in [5.41, 5.74) is 7.99. The van der Waals surface area contributed by atoms with E-state index in [-0.39, 0.29) is 10.8 Å². The maximum absolute atomic E-state index is 11.2. The molecule has 2 aliphatic rings. The highest BCUT2D eigenvalue weighted by atomic mass is 16.5. The Balaban J connectivity index is 1.85. The molecule has 0 bridgehead atoms. The van der Waals surface area contributed by atoms with Crippen molar-refractivity contribution in [3.05, 3.63) is 18.2 Å². The highest BCUT2D eigenvalue weighted by Gasteiger charge is 2.57. The average molecular weight is 347 g/mol. The van der Waals surface area contributed by atoms with Crippen LogP contribution in [0.4, 0.5) is 16.2 Å². The van der Waals surface area contributed by atoms with E-state index in [0.29, 0.717) is 30.6 Å². The molecule has 1 aromatic carbocycles. The van der Waals surface area contributed by atoms with E-state index in [0.717, 1.165) is 25.1 Å². The number of likely N-dealkylation sites (tertiary alicyclic amines) is 1. The third kappa shape index (κ3) is 2.98. The van der Waals surface area contributed by atoms with Crippen molar-refractivity contribution < 1.29 is 14.6 Å². The number of hydrogen-bond donors (Lipinski definition) is 2. The van der Waals surface area contributed by atoms with Gasteiger partial charge in [-0.15, -0.1) is 0 Å². The van der Waals surface area contributed by atoms with Gasteiger partial charge >= 0.3 is 6.09 Å². The number of rotatable bonds is 2. The number of anilines is 2. The Kier molecular flexibility index (Phi) is 4.25. The topological polar surface area (TPSA) is 79.0 Å². The first-order chi connectivity index (χ1) is 11.7. The van der Waals surface area contributed by atoms with Gasteiger partial charge in [-0.1, -0.05) is 20.8 Å². The fourth-order valence-corrected chi connectivity index (χ4v) is 4.81. The molecular formula is C19H29N3O3. The Morgan fingerprint density at radius 3 is 2.48 bits per heavy atom. The van der Waals surface area contributed by atoms with E-state index in [4.69, 9.17) is 10.5 Å². The third-order valence-corrected chi connectivity index (χ3v) is 5.78. The summed E-state index contributed by atoms with van der Waals surface area (Å²) >= 11 is 0.